The molecule has 88 valence electrons. The van der Waals surface area contributed by atoms with Crippen molar-refractivity contribution in [1.29, 1.82) is 5.26 Å². The van der Waals surface area contributed by atoms with E-state index in [1.54, 1.807) is 6.07 Å². The monoisotopic (exact) mass is 432 g/mol. The smallest absolute Gasteiger partial charge is 0.144 e. The Bertz CT molecular complexity index is 434. The Morgan fingerprint density at radius 3 is 2.44 bits per heavy atom. The maximum Gasteiger partial charge on any atom is 0.144 e. The van der Waals surface area contributed by atoms with Crippen LogP contribution in [0.15, 0.2) is 19.5 Å². The zero-order valence-corrected chi connectivity index (χ0v) is 13.5. The minimum Gasteiger partial charge on any atom is -0.506 e. The van der Waals surface area contributed by atoms with E-state index in [4.69, 9.17) is 11.0 Å². The molecule has 0 spiro atoms. The number of halogens is 4. The molecule has 3 nitrogen and oxygen atoms in total. The third kappa shape index (κ3) is 3.34. The van der Waals surface area contributed by atoms with Crippen LogP contribution in [0.4, 0.5) is 0 Å². The van der Waals surface area contributed by atoms with E-state index < -0.39 is 6.04 Å². The lowest BCUT2D eigenvalue weighted by Gasteiger charge is -2.14. The van der Waals surface area contributed by atoms with Crippen molar-refractivity contribution >= 4 is 60.2 Å². The van der Waals surface area contributed by atoms with Gasteiger partial charge in [-0.2, -0.15) is 5.26 Å². The van der Waals surface area contributed by atoms with Gasteiger partial charge < -0.3 is 10.8 Å². The molecule has 1 aromatic carbocycles. The Balaban J connectivity index is 0.00000225. The van der Waals surface area contributed by atoms with Gasteiger partial charge in [0.05, 0.1) is 21.4 Å². The first-order chi connectivity index (χ1) is 6.99. The van der Waals surface area contributed by atoms with Gasteiger partial charge in [0.2, 0.25) is 0 Å². The Kier molecular flexibility index (Phi) is 6.90. The van der Waals surface area contributed by atoms with Gasteiger partial charge in [0.1, 0.15) is 5.75 Å². The lowest BCUT2D eigenvalue weighted by atomic mass is 10.1. The van der Waals surface area contributed by atoms with Gasteiger partial charge in [0.25, 0.3) is 0 Å². The number of nitrogens with two attached hydrogens (primary N) is 1. The summed E-state index contributed by atoms with van der Waals surface area (Å²) in [5.41, 5.74) is 6.51. The van der Waals surface area contributed by atoms with Crippen LogP contribution < -0.4 is 5.73 Å². The number of rotatable bonds is 2. The Morgan fingerprint density at radius 2 is 1.94 bits per heavy atom. The van der Waals surface area contributed by atoms with Crippen LogP contribution in [0.5, 0.6) is 5.75 Å². The SMILES string of the molecule is Cl.N#CC[C@H](N)c1c(Br)cc(Br)c(O)c1Br. The lowest BCUT2D eigenvalue weighted by molar-refractivity contribution is 0.466. The zero-order valence-electron chi connectivity index (χ0n) is 7.88. The molecule has 1 rings (SSSR count). The number of hydrogen-bond acceptors (Lipinski definition) is 3. The number of hydrogen-bond donors (Lipinski definition) is 2. The Morgan fingerprint density at radius 1 is 1.38 bits per heavy atom. The van der Waals surface area contributed by atoms with Crippen molar-refractivity contribution in [3.8, 4) is 11.8 Å². The third-order valence-corrected chi connectivity index (χ3v) is 3.93. The van der Waals surface area contributed by atoms with Crippen LogP contribution in [0.25, 0.3) is 0 Å². The highest BCUT2D eigenvalue weighted by atomic mass is 79.9. The van der Waals surface area contributed by atoms with Crippen molar-refractivity contribution in [2.75, 3.05) is 0 Å². The number of nitrogens with zero attached hydrogens (tertiary/aromatic N) is 1. The van der Waals surface area contributed by atoms with E-state index in [1.807, 2.05) is 6.07 Å². The first-order valence-electron chi connectivity index (χ1n) is 3.98. The average molecular weight is 435 g/mol. The van der Waals surface area contributed by atoms with Crippen molar-refractivity contribution < 1.29 is 5.11 Å². The molecular formula is C9H8Br3ClN2O. The highest BCUT2D eigenvalue weighted by molar-refractivity contribution is 9.11. The first-order valence-corrected chi connectivity index (χ1v) is 6.35. The van der Waals surface area contributed by atoms with Crippen molar-refractivity contribution in [1.82, 2.24) is 0 Å². The molecule has 0 aliphatic rings. The molecule has 0 fully saturated rings. The van der Waals surface area contributed by atoms with Crippen molar-refractivity contribution in [3.63, 3.8) is 0 Å². The summed E-state index contributed by atoms with van der Waals surface area (Å²) in [5.74, 6) is 0.0848. The second-order valence-electron chi connectivity index (χ2n) is 2.89. The molecule has 0 bridgehead atoms. The highest BCUT2D eigenvalue weighted by Crippen LogP contribution is 2.42. The number of benzene rings is 1. The van der Waals surface area contributed by atoms with Crippen LogP contribution in [0.1, 0.15) is 18.0 Å². The lowest BCUT2D eigenvalue weighted by Crippen LogP contribution is -2.11. The summed E-state index contributed by atoms with van der Waals surface area (Å²) in [6.07, 6.45) is 0.193. The van der Waals surface area contributed by atoms with E-state index in [9.17, 15) is 5.11 Å². The van der Waals surface area contributed by atoms with E-state index in [-0.39, 0.29) is 24.6 Å². The van der Waals surface area contributed by atoms with Crippen LogP contribution >= 0.6 is 60.2 Å². The molecule has 0 saturated carbocycles. The third-order valence-electron chi connectivity index (χ3n) is 1.86. The second kappa shape index (κ2) is 6.82. The normalized spacial score (nSPS) is 11.4. The van der Waals surface area contributed by atoms with Crippen LogP contribution in [0.3, 0.4) is 0 Å². The van der Waals surface area contributed by atoms with Gasteiger partial charge in [-0.05, 0) is 37.9 Å². The maximum atomic E-state index is 9.68. The number of phenols is 1. The van der Waals surface area contributed by atoms with Gasteiger partial charge in [-0.15, -0.1) is 12.4 Å². The van der Waals surface area contributed by atoms with E-state index in [1.165, 1.54) is 0 Å². The molecule has 3 N–H and O–H groups in total. The molecule has 0 aliphatic heterocycles. The molecule has 0 amide bonds. The van der Waals surface area contributed by atoms with Gasteiger partial charge in [-0.25, -0.2) is 0 Å². The summed E-state index contributed by atoms with van der Waals surface area (Å²) in [6.45, 7) is 0. The Labute approximate surface area is 125 Å². The van der Waals surface area contributed by atoms with Crippen LogP contribution in [-0.4, -0.2) is 5.11 Å². The number of nitriles is 1. The quantitative estimate of drug-likeness (QED) is 0.738. The first kappa shape index (κ1) is 16.2. The minimum atomic E-state index is -0.433. The summed E-state index contributed by atoms with van der Waals surface area (Å²) in [6, 6.07) is 3.26. The van der Waals surface area contributed by atoms with E-state index in [0.717, 1.165) is 4.47 Å². The molecule has 1 aromatic rings. The summed E-state index contributed by atoms with van der Waals surface area (Å²) >= 11 is 9.80. The van der Waals surface area contributed by atoms with Gasteiger partial charge >= 0.3 is 0 Å². The van der Waals surface area contributed by atoms with Crippen LogP contribution in [0, 0.1) is 11.3 Å². The van der Waals surface area contributed by atoms with Gasteiger partial charge in [-0.3, -0.25) is 0 Å². The molecule has 0 aromatic heterocycles. The molecule has 16 heavy (non-hydrogen) atoms. The molecule has 0 heterocycles. The minimum absolute atomic E-state index is 0. The zero-order chi connectivity index (χ0) is 11.6. The van der Waals surface area contributed by atoms with E-state index in [0.29, 0.717) is 14.5 Å². The molecular weight excluding hydrogens is 427 g/mol. The summed E-state index contributed by atoms with van der Waals surface area (Å²) in [4.78, 5) is 0. The van der Waals surface area contributed by atoms with E-state index in [2.05, 4.69) is 47.8 Å². The van der Waals surface area contributed by atoms with Crippen molar-refractivity contribution in [2.24, 2.45) is 5.73 Å². The molecule has 0 saturated heterocycles. The topological polar surface area (TPSA) is 70.0 Å². The fourth-order valence-electron chi connectivity index (χ4n) is 1.13. The summed E-state index contributed by atoms with van der Waals surface area (Å²) < 4.78 is 1.82. The Hall–Kier alpha value is 0.200. The maximum absolute atomic E-state index is 9.68. The van der Waals surface area contributed by atoms with Crippen LogP contribution in [-0.2, 0) is 0 Å². The molecule has 7 heteroatoms. The molecule has 0 radical (unpaired) electrons. The summed E-state index contributed by atoms with van der Waals surface area (Å²) in [7, 11) is 0. The molecule has 0 unspecified atom stereocenters. The average Bonchev–Trinajstić information content (AvgIpc) is 2.15. The number of aromatic hydroxyl groups is 1. The second-order valence-corrected chi connectivity index (χ2v) is 5.39. The van der Waals surface area contributed by atoms with Crippen LogP contribution in [0.2, 0.25) is 0 Å². The van der Waals surface area contributed by atoms with E-state index >= 15 is 0 Å². The summed E-state index contributed by atoms with van der Waals surface area (Å²) in [5, 5.41) is 18.2. The largest absolute Gasteiger partial charge is 0.506 e. The molecule has 1 atom stereocenters. The number of phenolic OH excluding ortho intramolecular Hbond substituents is 1. The fraction of sp³-hybridized carbons (Fsp3) is 0.222. The fourth-order valence-corrected chi connectivity index (χ4v) is 3.84. The van der Waals surface area contributed by atoms with Gasteiger partial charge in [-0.1, -0.05) is 15.9 Å². The predicted molar refractivity (Wildman–Crippen MR) is 75.6 cm³/mol. The molecule has 0 aliphatic carbocycles. The van der Waals surface area contributed by atoms with Crippen molar-refractivity contribution in [2.45, 2.75) is 12.5 Å². The predicted octanol–water partition coefficient (Wildman–Crippen LogP) is 4.01. The van der Waals surface area contributed by atoms with Gasteiger partial charge in [0, 0.05) is 16.1 Å². The highest BCUT2D eigenvalue weighted by Gasteiger charge is 2.18. The van der Waals surface area contributed by atoms with Gasteiger partial charge in [0.15, 0.2) is 0 Å². The standard InChI is InChI=1S/C9H7Br3N2O.ClH/c10-4-3-5(11)9(15)8(12)7(4)6(14)1-2-13;/h3,6,15H,1,14H2;1H/t6-;/m0./s1. The van der Waals surface area contributed by atoms with Crippen molar-refractivity contribution in [3.05, 3.63) is 25.0 Å².